The summed E-state index contributed by atoms with van der Waals surface area (Å²) in [7, 11) is 0. The van der Waals surface area contributed by atoms with Crippen LogP contribution in [0.2, 0.25) is 0 Å². The Morgan fingerprint density at radius 1 is 1.06 bits per heavy atom. The topological polar surface area (TPSA) is 54.0 Å². The van der Waals surface area contributed by atoms with Crippen LogP contribution in [-0.4, -0.2) is 10.9 Å². The molecule has 0 fully saturated rings. The fourth-order valence-corrected chi connectivity index (χ4v) is 1.40. The summed E-state index contributed by atoms with van der Waals surface area (Å²) in [5.41, 5.74) is 7.21. The van der Waals surface area contributed by atoms with Crippen LogP contribution >= 0.6 is 0 Å². The largest absolute Gasteiger partial charge is 0.287 e. The maximum atomic E-state index is 11.6. The molecule has 0 saturated heterocycles. The van der Waals surface area contributed by atoms with E-state index in [1.807, 2.05) is 30.3 Å². The van der Waals surface area contributed by atoms with Crippen molar-refractivity contribution in [1.82, 2.24) is 15.8 Å². The number of hydrazine groups is 1. The smallest absolute Gasteiger partial charge is 0.265 e. The molecule has 1 aromatic heterocycles. The fraction of sp³-hybridized carbons (Fsp3) is 0.0769. The summed E-state index contributed by atoms with van der Waals surface area (Å²) in [5.74, 6) is -0.164. The summed E-state index contributed by atoms with van der Waals surface area (Å²) in [5, 5.41) is 0. The van der Waals surface area contributed by atoms with Crippen LogP contribution in [0.5, 0.6) is 0 Å². The average molecular weight is 227 g/mol. The molecule has 86 valence electrons. The Labute approximate surface area is 99.7 Å². The minimum Gasteiger partial charge on any atom is -0.287 e. The molecule has 1 heterocycles. The predicted octanol–water partition coefficient (Wildman–Crippen LogP) is 1.52. The number of aromatic nitrogens is 1. The molecule has 0 atom stereocenters. The van der Waals surface area contributed by atoms with Crippen LogP contribution < -0.4 is 10.9 Å². The Bertz CT molecular complexity index is 471. The minimum atomic E-state index is -0.164. The van der Waals surface area contributed by atoms with Gasteiger partial charge in [0.2, 0.25) is 0 Å². The van der Waals surface area contributed by atoms with E-state index in [0.29, 0.717) is 12.1 Å². The van der Waals surface area contributed by atoms with Crippen LogP contribution in [0.4, 0.5) is 0 Å². The molecule has 0 aliphatic carbocycles. The Hall–Kier alpha value is -2.20. The molecule has 4 heteroatoms. The van der Waals surface area contributed by atoms with Crippen molar-refractivity contribution < 1.29 is 4.79 Å². The summed E-state index contributed by atoms with van der Waals surface area (Å²) in [6, 6.07) is 13.2. The number of hydrogen-bond acceptors (Lipinski definition) is 3. The van der Waals surface area contributed by atoms with E-state index in [4.69, 9.17) is 0 Å². The molecule has 17 heavy (non-hydrogen) atoms. The fourth-order valence-electron chi connectivity index (χ4n) is 1.40. The van der Waals surface area contributed by atoms with Crippen LogP contribution in [0.15, 0.2) is 54.9 Å². The molecular formula is C13H13N3O. The highest BCUT2D eigenvalue weighted by Gasteiger charge is 2.02. The molecule has 0 spiro atoms. The van der Waals surface area contributed by atoms with E-state index in [-0.39, 0.29) is 5.91 Å². The standard InChI is InChI=1S/C13H13N3O/c17-13(12-6-8-14-9-7-12)16-15-10-11-4-2-1-3-5-11/h1-9,15H,10H2,(H,16,17). The van der Waals surface area contributed by atoms with E-state index in [1.54, 1.807) is 24.5 Å². The highest BCUT2D eigenvalue weighted by atomic mass is 16.2. The highest BCUT2D eigenvalue weighted by molar-refractivity contribution is 5.93. The number of rotatable bonds is 4. The van der Waals surface area contributed by atoms with E-state index < -0.39 is 0 Å². The van der Waals surface area contributed by atoms with Gasteiger partial charge in [-0.1, -0.05) is 30.3 Å². The second-order valence-corrected chi connectivity index (χ2v) is 3.53. The summed E-state index contributed by atoms with van der Waals surface area (Å²) >= 11 is 0. The Morgan fingerprint density at radius 3 is 2.47 bits per heavy atom. The zero-order valence-electron chi connectivity index (χ0n) is 9.26. The third-order valence-corrected chi connectivity index (χ3v) is 2.28. The van der Waals surface area contributed by atoms with Crippen molar-refractivity contribution in [3.05, 3.63) is 66.0 Å². The first-order valence-electron chi connectivity index (χ1n) is 5.33. The Balaban J connectivity index is 1.82. The van der Waals surface area contributed by atoms with Gasteiger partial charge in [0.05, 0.1) is 0 Å². The van der Waals surface area contributed by atoms with Gasteiger partial charge < -0.3 is 0 Å². The number of benzene rings is 1. The summed E-state index contributed by atoms with van der Waals surface area (Å²) in [4.78, 5) is 15.5. The van der Waals surface area contributed by atoms with E-state index >= 15 is 0 Å². The van der Waals surface area contributed by atoms with Crippen LogP contribution in [-0.2, 0) is 6.54 Å². The molecule has 0 unspecified atom stereocenters. The van der Waals surface area contributed by atoms with Gasteiger partial charge in [-0.05, 0) is 17.7 Å². The van der Waals surface area contributed by atoms with Crippen LogP contribution in [0, 0.1) is 0 Å². The van der Waals surface area contributed by atoms with Gasteiger partial charge in [0.25, 0.3) is 5.91 Å². The zero-order valence-corrected chi connectivity index (χ0v) is 9.26. The molecule has 2 rings (SSSR count). The first kappa shape index (κ1) is 11.3. The molecule has 2 N–H and O–H groups in total. The van der Waals surface area contributed by atoms with Crippen molar-refractivity contribution >= 4 is 5.91 Å². The molecule has 1 aromatic carbocycles. The van der Waals surface area contributed by atoms with Gasteiger partial charge in [0.15, 0.2) is 0 Å². The number of nitrogens with one attached hydrogen (secondary N) is 2. The number of amides is 1. The molecule has 0 radical (unpaired) electrons. The number of carbonyl (C=O) groups excluding carboxylic acids is 1. The first-order valence-corrected chi connectivity index (χ1v) is 5.33. The van der Waals surface area contributed by atoms with E-state index in [1.165, 1.54) is 0 Å². The lowest BCUT2D eigenvalue weighted by Crippen LogP contribution is -2.36. The lowest BCUT2D eigenvalue weighted by Gasteiger charge is -2.06. The lowest BCUT2D eigenvalue weighted by molar-refractivity contribution is 0.0932. The van der Waals surface area contributed by atoms with Crippen molar-refractivity contribution in [3.8, 4) is 0 Å². The number of nitrogens with zero attached hydrogens (tertiary/aromatic N) is 1. The number of hydrogen-bond donors (Lipinski definition) is 2. The maximum absolute atomic E-state index is 11.6. The SMILES string of the molecule is O=C(NNCc1ccccc1)c1ccncc1. The van der Waals surface area contributed by atoms with Crippen molar-refractivity contribution in [2.75, 3.05) is 0 Å². The van der Waals surface area contributed by atoms with Crippen molar-refractivity contribution in [2.24, 2.45) is 0 Å². The van der Waals surface area contributed by atoms with Crippen molar-refractivity contribution in [1.29, 1.82) is 0 Å². The van der Waals surface area contributed by atoms with Gasteiger partial charge in [-0.25, -0.2) is 5.43 Å². The van der Waals surface area contributed by atoms with Gasteiger partial charge in [-0.2, -0.15) is 0 Å². The molecule has 2 aromatic rings. The highest BCUT2D eigenvalue weighted by Crippen LogP contribution is 1.97. The van der Waals surface area contributed by atoms with Gasteiger partial charge in [-0.15, -0.1) is 0 Å². The number of carbonyl (C=O) groups is 1. The molecule has 0 aliphatic rings. The van der Waals surface area contributed by atoms with Crippen molar-refractivity contribution in [2.45, 2.75) is 6.54 Å². The molecule has 1 amide bonds. The second-order valence-electron chi connectivity index (χ2n) is 3.53. The monoisotopic (exact) mass is 227 g/mol. The van der Waals surface area contributed by atoms with E-state index in [0.717, 1.165) is 5.56 Å². The summed E-state index contributed by atoms with van der Waals surface area (Å²) < 4.78 is 0. The van der Waals surface area contributed by atoms with Crippen LogP contribution in [0.25, 0.3) is 0 Å². The third-order valence-electron chi connectivity index (χ3n) is 2.28. The molecule has 0 saturated carbocycles. The third kappa shape index (κ3) is 3.39. The summed E-state index contributed by atoms with van der Waals surface area (Å²) in [6.45, 7) is 0.595. The maximum Gasteiger partial charge on any atom is 0.265 e. The van der Waals surface area contributed by atoms with Gasteiger partial charge in [0, 0.05) is 24.5 Å². The lowest BCUT2D eigenvalue weighted by atomic mass is 10.2. The zero-order chi connectivity index (χ0) is 11.9. The molecular weight excluding hydrogens is 214 g/mol. The molecule has 4 nitrogen and oxygen atoms in total. The van der Waals surface area contributed by atoms with Crippen LogP contribution in [0.3, 0.4) is 0 Å². The van der Waals surface area contributed by atoms with E-state index in [9.17, 15) is 4.79 Å². The first-order chi connectivity index (χ1) is 8.36. The molecule has 0 bridgehead atoms. The Kier molecular flexibility index (Phi) is 3.83. The minimum absolute atomic E-state index is 0.164. The van der Waals surface area contributed by atoms with Gasteiger partial charge in [-0.3, -0.25) is 15.2 Å². The molecule has 0 aliphatic heterocycles. The van der Waals surface area contributed by atoms with Gasteiger partial charge in [0.1, 0.15) is 0 Å². The second kappa shape index (κ2) is 5.77. The predicted molar refractivity (Wildman–Crippen MR) is 65.0 cm³/mol. The number of pyridine rings is 1. The van der Waals surface area contributed by atoms with Crippen molar-refractivity contribution in [3.63, 3.8) is 0 Å². The van der Waals surface area contributed by atoms with Gasteiger partial charge >= 0.3 is 0 Å². The van der Waals surface area contributed by atoms with E-state index in [2.05, 4.69) is 15.8 Å². The summed E-state index contributed by atoms with van der Waals surface area (Å²) in [6.07, 6.45) is 3.18. The average Bonchev–Trinajstić information content (AvgIpc) is 2.41. The Morgan fingerprint density at radius 2 is 1.76 bits per heavy atom. The quantitative estimate of drug-likeness (QED) is 0.778. The normalized spacial score (nSPS) is 9.88. The van der Waals surface area contributed by atoms with Crippen LogP contribution in [0.1, 0.15) is 15.9 Å².